The Balaban J connectivity index is 1.58. The lowest BCUT2D eigenvalue weighted by Gasteiger charge is -2.50. The van der Waals surface area contributed by atoms with Crippen LogP contribution in [0.5, 0.6) is 0 Å². The molecule has 0 saturated carbocycles. The van der Waals surface area contributed by atoms with E-state index in [4.69, 9.17) is 37.9 Å². The molecule has 2 aliphatic rings. The summed E-state index contributed by atoms with van der Waals surface area (Å²) in [6.45, 7) is 10.2. The topological polar surface area (TPSA) is 135 Å². The van der Waals surface area contributed by atoms with Gasteiger partial charge in [-0.3, -0.25) is 0 Å². The lowest BCUT2D eigenvalue weighted by Crippen LogP contribution is -2.66. The van der Waals surface area contributed by atoms with E-state index in [1.807, 2.05) is 54.6 Å². The lowest BCUT2D eigenvalue weighted by molar-refractivity contribution is -0.373. The van der Waals surface area contributed by atoms with E-state index in [2.05, 4.69) is 64.1 Å². The van der Waals surface area contributed by atoms with Crippen molar-refractivity contribution < 1.29 is 53.2 Å². The molecule has 11 heteroatoms. The summed E-state index contributed by atoms with van der Waals surface area (Å²) < 4.78 is 52.7. The standard InChI is InChI=1S/C49H72O11/c1-5-9-28-53-34-39-41(50)42(51)44(55-30-11-7-3)48(58-39)59-43-40(35-54-29-10-6-2)57-47(52)46(45(43)56-31-12-8-4)60-49(38-26-20-15-21-27-38,32-36-22-16-13-17-23-36)33-37-24-18-14-19-25-37/h13-27,39-48,50-52H,5-12,28-35H2,1-4H3/t39?,40?,41-,42?,43+,44?,45?,46?,47+,48-/m0/s1. The van der Waals surface area contributed by atoms with Gasteiger partial charge in [0.1, 0.15) is 54.4 Å². The molecule has 2 aliphatic heterocycles. The number of aliphatic hydroxyl groups is 3. The Hall–Kier alpha value is -2.78. The summed E-state index contributed by atoms with van der Waals surface area (Å²) in [6, 6.07) is 30.6. The number of ether oxygens (including phenoxy) is 8. The van der Waals surface area contributed by atoms with Gasteiger partial charge >= 0.3 is 0 Å². The first kappa shape index (κ1) is 48.3. The van der Waals surface area contributed by atoms with Crippen LogP contribution >= 0.6 is 0 Å². The van der Waals surface area contributed by atoms with E-state index >= 15 is 0 Å². The lowest BCUT2D eigenvalue weighted by atomic mass is 9.81. The zero-order chi connectivity index (χ0) is 42.6. The molecule has 2 saturated heterocycles. The van der Waals surface area contributed by atoms with Crippen LogP contribution in [0.4, 0.5) is 0 Å². The number of rotatable bonds is 27. The Morgan fingerprint density at radius 3 is 1.53 bits per heavy atom. The van der Waals surface area contributed by atoms with Crippen LogP contribution in [0.2, 0.25) is 0 Å². The molecule has 0 amide bonds. The first-order valence-electron chi connectivity index (χ1n) is 22.5. The second kappa shape index (κ2) is 26.0. The van der Waals surface area contributed by atoms with Crippen molar-refractivity contribution in [3.05, 3.63) is 108 Å². The highest BCUT2D eigenvalue weighted by Gasteiger charge is 2.54. The quantitative estimate of drug-likeness (QED) is 0.0668. The fraction of sp³-hybridized carbons (Fsp3) is 0.633. The molecule has 2 heterocycles. The van der Waals surface area contributed by atoms with Gasteiger partial charge in [0.2, 0.25) is 0 Å². The maximum absolute atomic E-state index is 12.2. The van der Waals surface area contributed by atoms with E-state index in [-0.39, 0.29) is 13.2 Å². The molecule has 10 atom stereocenters. The first-order valence-corrected chi connectivity index (χ1v) is 22.5. The third kappa shape index (κ3) is 13.9. The molecule has 0 aromatic heterocycles. The predicted molar refractivity (Wildman–Crippen MR) is 230 cm³/mol. The minimum absolute atomic E-state index is 0.0595. The summed E-state index contributed by atoms with van der Waals surface area (Å²) in [5.74, 6) is 0. The van der Waals surface area contributed by atoms with Gasteiger partial charge in [-0.1, -0.05) is 144 Å². The predicted octanol–water partition coefficient (Wildman–Crippen LogP) is 7.31. The van der Waals surface area contributed by atoms with Crippen molar-refractivity contribution in [1.29, 1.82) is 0 Å². The van der Waals surface area contributed by atoms with Crippen LogP contribution in [-0.2, 0) is 56.3 Å². The van der Waals surface area contributed by atoms with E-state index in [1.165, 1.54) is 0 Å². The fourth-order valence-electron chi connectivity index (χ4n) is 7.88. The second-order valence-electron chi connectivity index (χ2n) is 16.2. The van der Waals surface area contributed by atoms with Crippen molar-refractivity contribution in [2.45, 2.75) is 159 Å². The van der Waals surface area contributed by atoms with E-state index in [0.717, 1.165) is 68.1 Å². The van der Waals surface area contributed by atoms with E-state index in [1.54, 1.807) is 0 Å². The summed E-state index contributed by atoms with van der Waals surface area (Å²) in [4.78, 5) is 0. The summed E-state index contributed by atoms with van der Waals surface area (Å²) in [7, 11) is 0. The Labute approximate surface area is 358 Å². The number of aliphatic hydroxyl groups excluding tert-OH is 3. The van der Waals surface area contributed by atoms with Crippen molar-refractivity contribution in [1.82, 2.24) is 0 Å². The van der Waals surface area contributed by atoms with Crippen LogP contribution in [0.3, 0.4) is 0 Å². The minimum atomic E-state index is -1.43. The molecule has 3 N–H and O–H groups in total. The molecule has 0 radical (unpaired) electrons. The van der Waals surface area contributed by atoms with Crippen molar-refractivity contribution in [3.8, 4) is 0 Å². The Morgan fingerprint density at radius 2 is 1.00 bits per heavy atom. The van der Waals surface area contributed by atoms with Gasteiger partial charge in [0, 0.05) is 39.3 Å². The Morgan fingerprint density at radius 1 is 0.517 bits per heavy atom. The summed E-state index contributed by atoms with van der Waals surface area (Å²) >= 11 is 0. The van der Waals surface area contributed by atoms with Crippen LogP contribution in [0.15, 0.2) is 91.0 Å². The van der Waals surface area contributed by atoms with Gasteiger partial charge in [-0.05, 0) is 42.4 Å². The smallest absolute Gasteiger partial charge is 0.187 e. The first-order chi connectivity index (χ1) is 29.3. The third-order valence-corrected chi connectivity index (χ3v) is 11.3. The molecule has 2 fully saturated rings. The van der Waals surface area contributed by atoms with Crippen LogP contribution < -0.4 is 0 Å². The van der Waals surface area contributed by atoms with E-state index < -0.39 is 67.0 Å². The minimum Gasteiger partial charge on any atom is -0.387 e. The largest absolute Gasteiger partial charge is 0.387 e. The zero-order valence-electron chi connectivity index (χ0n) is 36.4. The molecule has 11 nitrogen and oxygen atoms in total. The molecular weight excluding hydrogens is 765 g/mol. The highest BCUT2D eigenvalue weighted by molar-refractivity contribution is 5.31. The summed E-state index contributed by atoms with van der Waals surface area (Å²) in [5.41, 5.74) is 2.05. The van der Waals surface area contributed by atoms with Gasteiger partial charge in [-0.15, -0.1) is 0 Å². The number of hydrogen-bond acceptors (Lipinski definition) is 11. The van der Waals surface area contributed by atoms with Gasteiger partial charge < -0.3 is 53.2 Å². The monoisotopic (exact) mass is 837 g/mol. The average Bonchev–Trinajstić information content (AvgIpc) is 3.27. The molecule has 5 rings (SSSR count). The van der Waals surface area contributed by atoms with Crippen molar-refractivity contribution in [2.24, 2.45) is 0 Å². The van der Waals surface area contributed by atoms with Gasteiger partial charge in [0.25, 0.3) is 0 Å². The van der Waals surface area contributed by atoms with Crippen molar-refractivity contribution in [2.75, 3.05) is 39.6 Å². The summed E-state index contributed by atoms with van der Waals surface area (Å²) in [6.07, 6.45) is -2.99. The van der Waals surface area contributed by atoms with E-state index in [0.29, 0.717) is 39.3 Å². The zero-order valence-corrected chi connectivity index (χ0v) is 36.4. The van der Waals surface area contributed by atoms with Crippen LogP contribution in [0.25, 0.3) is 0 Å². The number of unbranched alkanes of at least 4 members (excludes halogenated alkanes) is 4. The molecule has 3 aromatic carbocycles. The second-order valence-corrected chi connectivity index (χ2v) is 16.2. The summed E-state index contributed by atoms with van der Waals surface area (Å²) in [5, 5.41) is 35.1. The number of benzene rings is 3. The fourth-order valence-corrected chi connectivity index (χ4v) is 7.88. The normalized spacial score (nSPS) is 27.2. The Kier molecular flexibility index (Phi) is 20.9. The highest BCUT2D eigenvalue weighted by atomic mass is 16.7. The molecule has 6 unspecified atom stereocenters. The maximum Gasteiger partial charge on any atom is 0.187 e. The maximum atomic E-state index is 12.2. The van der Waals surface area contributed by atoms with Gasteiger partial charge in [0.15, 0.2) is 12.6 Å². The van der Waals surface area contributed by atoms with Crippen molar-refractivity contribution >= 4 is 0 Å². The van der Waals surface area contributed by atoms with Crippen LogP contribution in [0.1, 0.15) is 95.8 Å². The third-order valence-electron chi connectivity index (χ3n) is 11.3. The highest BCUT2D eigenvalue weighted by Crippen LogP contribution is 2.40. The molecule has 0 bridgehead atoms. The van der Waals surface area contributed by atoms with Gasteiger partial charge in [-0.2, -0.15) is 0 Å². The SMILES string of the molecule is CCCCOCC1O[C@@H](O[C@@H]2C(COCCCC)O[C@@H](O)C(OC(Cc3ccccc3)(Cc3ccccc3)c3ccccc3)C2OCCCC)C(OCCCC)C(O)[C@H]1O. The molecule has 0 aliphatic carbocycles. The Bertz CT molecular complexity index is 1510. The molecule has 0 spiro atoms. The average molecular weight is 837 g/mol. The number of hydrogen-bond donors (Lipinski definition) is 3. The molecule has 3 aromatic rings. The van der Waals surface area contributed by atoms with Gasteiger partial charge in [-0.25, -0.2) is 0 Å². The van der Waals surface area contributed by atoms with Gasteiger partial charge in [0.05, 0.1) is 13.2 Å². The van der Waals surface area contributed by atoms with E-state index in [9.17, 15) is 15.3 Å². The molecular formula is C49H72O11. The van der Waals surface area contributed by atoms with Crippen LogP contribution in [-0.4, -0.2) is 116 Å². The molecule has 60 heavy (non-hydrogen) atoms. The molecule has 334 valence electrons. The van der Waals surface area contributed by atoms with Crippen LogP contribution in [0, 0.1) is 0 Å². The van der Waals surface area contributed by atoms with Crippen molar-refractivity contribution in [3.63, 3.8) is 0 Å².